The molecule has 0 bridgehead atoms. The summed E-state index contributed by atoms with van der Waals surface area (Å²) < 4.78 is 13.6. The number of carbonyl (C=O) groups excluding carboxylic acids is 1. The van der Waals surface area contributed by atoms with Crippen molar-refractivity contribution in [2.45, 2.75) is 63.5 Å². The van der Waals surface area contributed by atoms with Crippen LogP contribution in [0.2, 0.25) is 0 Å². The molecule has 1 aliphatic heterocycles. The largest absolute Gasteiger partial charge is 0.389 e. The fourth-order valence-electron chi connectivity index (χ4n) is 5.26. The van der Waals surface area contributed by atoms with Gasteiger partial charge in [-0.05, 0) is 60.1 Å². The molecule has 0 aromatic heterocycles. The van der Waals surface area contributed by atoms with Crippen molar-refractivity contribution < 1.29 is 14.3 Å². The van der Waals surface area contributed by atoms with E-state index >= 15 is 0 Å². The highest BCUT2D eigenvalue weighted by molar-refractivity contribution is 5.92. The summed E-state index contributed by atoms with van der Waals surface area (Å²) in [5, 5.41) is 11.3. The van der Waals surface area contributed by atoms with E-state index in [4.69, 9.17) is 0 Å². The first-order valence-electron chi connectivity index (χ1n) is 11.4. The zero-order valence-electron chi connectivity index (χ0n) is 18.4. The highest BCUT2D eigenvalue weighted by Crippen LogP contribution is 2.49. The molecule has 1 aliphatic carbocycles. The normalized spacial score (nSPS) is 26.3. The van der Waals surface area contributed by atoms with Gasteiger partial charge in [-0.2, -0.15) is 0 Å². The molecule has 164 valence electrons. The van der Waals surface area contributed by atoms with Crippen LogP contribution in [0.15, 0.2) is 54.6 Å². The Morgan fingerprint density at radius 3 is 2.48 bits per heavy atom. The monoisotopic (exact) mass is 421 g/mol. The van der Waals surface area contributed by atoms with Gasteiger partial charge in [0.05, 0.1) is 11.6 Å². The van der Waals surface area contributed by atoms with E-state index < -0.39 is 5.60 Å². The lowest BCUT2D eigenvalue weighted by Gasteiger charge is -2.52. The number of hydrogen-bond acceptors (Lipinski definition) is 2. The van der Waals surface area contributed by atoms with Crippen LogP contribution in [0.5, 0.6) is 0 Å². The van der Waals surface area contributed by atoms with Crippen LogP contribution in [0.1, 0.15) is 74.6 Å². The van der Waals surface area contributed by atoms with E-state index in [1.165, 1.54) is 17.7 Å². The molecule has 2 aromatic rings. The Labute approximate surface area is 184 Å². The van der Waals surface area contributed by atoms with Crippen molar-refractivity contribution in [2.24, 2.45) is 5.92 Å². The Morgan fingerprint density at radius 2 is 1.81 bits per heavy atom. The zero-order chi connectivity index (χ0) is 22.0. The molecule has 0 unspecified atom stereocenters. The fourth-order valence-corrected chi connectivity index (χ4v) is 5.26. The summed E-state index contributed by atoms with van der Waals surface area (Å²) in [6.07, 6.45) is 7.80. The van der Waals surface area contributed by atoms with E-state index in [-0.39, 0.29) is 23.7 Å². The van der Waals surface area contributed by atoms with Gasteiger partial charge >= 0.3 is 0 Å². The van der Waals surface area contributed by atoms with Crippen molar-refractivity contribution in [2.75, 3.05) is 6.54 Å². The Balaban J connectivity index is 1.60. The standard InChI is InChI=1S/C27H32FNO2/c1-19(2)21-9-6-20(7-10-21)8-15-25(30)29-18-17-27(31)16-4-3-5-24(27)26(29)22-11-13-23(28)14-12-22/h6-15,19,24,26,31H,3-5,16-18H2,1-2H3/b15-8+/t24-,26-,27-/m0/s1. The Hall–Kier alpha value is -2.46. The van der Waals surface area contributed by atoms with Crippen LogP contribution < -0.4 is 0 Å². The minimum absolute atomic E-state index is 0.0249. The Bertz CT molecular complexity index is 935. The smallest absolute Gasteiger partial charge is 0.247 e. The third-order valence-corrected chi connectivity index (χ3v) is 7.08. The first kappa shape index (κ1) is 21.8. The topological polar surface area (TPSA) is 40.5 Å². The van der Waals surface area contributed by atoms with E-state index in [1.54, 1.807) is 18.2 Å². The number of nitrogens with zero attached hydrogens (tertiary/aromatic N) is 1. The molecule has 1 saturated heterocycles. The summed E-state index contributed by atoms with van der Waals surface area (Å²) in [6.45, 7) is 4.82. The van der Waals surface area contributed by atoms with Crippen LogP contribution in [0.25, 0.3) is 6.08 Å². The van der Waals surface area contributed by atoms with Gasteiger partial charge in [-0.3, -0.25) is 4.79 Å². The van der Waals surface area contributed by atoms with Gasteiger partial charge in [-0.1, -0.05) is 63.1 Å². The average Bonchev–Trinajstić information content (AvgIpc) is 2.77. The van der Waals surface area contributed by atoms with E-state index in [1.807, 2.05) is 23.1 Å². The van der Waals surface area contributed by atoms with Gasteiger partial charge in [0.2, 0.25) is 5.91 Å². The van der Waals surface area contributed by atoms with E-state index in [2.05, 4.69) is 26.0 Å². The summed E-state index contributed by atoms with van der Waals surface area (Å²) in [5.41, 5.74) is 2.41. The molecular weight excluding hydrogens is 389 g/mol. The molecule has 2 aromatic carbocycles. The molecule has 1 amide bonds. The third kappa shape index (κ3) is 4.59. The number of hydrogen-bond donors (Lipinski definition) is 1. The molecule has 4 heteroatoms. The zero-order valence-corrected chi connectivity index (χ0v) is 18.4. The Morgan fingerprint density at radius 1 is 1.10 bits per heavy atom. The molecule has 31 heavy (non-hydrogen) atoms. The van der Waals surface area contributed by atoms with Gasteiger partial charge in [-0.15, -0.1) is 0 Å². The molecule has 3 nitrogen and oxygen atoms in total. The predicted octanol–water partition coefficient (Wildman–Crippen LogP) is 5.86. The maximum Gasteiger partial charge on any atom is 0.247 e. The van der Waals surface area contributed by atoms with Gasteiger partial charge in [-0.25, -0.2) is 4.39 Å². The van der Waals surface area contributed by atoms with Crippen LogP contribution >= 0.6 is 0 Å². The molecule has 4 rings (SSSR count). The van der Waals surface area contributed by atoms with Gasteiger partial charge in [0, 0.05) is 18.5 Å². The van der Waals surface area contributed by atoms with Crippen LogP contribution in [0.4, 0.5) is 4.39 Å². The lowest BCUT2D eigenvalue weighted by atomic mass is 9.66. The van der Waals surface area contributed by atoms with Crippen molar-refractivity contribution in [1.82, 2.24) is 4.90 Å². The molecular formula is C27H32FNO2. The molecule has 2 fully saturated rings. The number of halogens is 1. The van der Waals surface area contributed by atoms with E-state index in [9.17, 15) is 14.3 Å². The lowest BCUT2D eigenvalue weighted by molar-refractivity contribution is -0.150. The van der Waals surface area contributed by atoms with Gasteiger partial charge in [0.15, 0.2) is 0 Å². The van der Waals surface area contributed by atoms with Gasteiger partial charge < -0.3 is 10.0 Å². The second-order valence-corrected chi connectivity index (χ2v) is 9.39. The predicted molar refractivity (Wildman–Crippen MR) is 122 cm³/mol. The maximum atomic E-state index is 13.6. The first-order chi connectivity index (χ1) is 14.9. The first-order valence-corrected chi connectivity index (χ1v) is 11.4. The number of amides is 1. The number of benzene rings is 2. The summed E-state index contributed by atoms with van der Waals surface area (Å²) in [4.78, 5) is 15.1. The Kier molecular flexibility index (Phi) is 6.29. The van der Waals surface area contributed by atoms with Gasteiger partial charge in [0.25, 0.3) is 0 Å². The van der Waals surface area contributed by atoms with Crippen molar-refractivity contribution in [3.8, 4) is 0 Å². The summed E-state index contributed by atoms with van der Waals surface area (Å²) >= 11 is 0. The number of carbonyl (C=O) groups is 1. The molecule has 2 aliphatic rings. The van der Waals surface area contributed by atoms with Crippen LogP contribution in [0.3, 0.4) is 0 Å². The third-order valence-electron chi connectivity index (χ3n) is 7.08. The highest BCUT2D eigenvalue weighted by atomic mass is 19.1. The number of piperidine rings is 1. The van der Waals surface area contributed by atoms with Crippen LogP contribution in [-0.2, 0) is 4.79 Å². The minimum atomic E-state index is -0.746. The lowest BCUT2D eigenvalue weighted by Crippen LogP contribution is -2.56. The second-order valence-electron chi connectivity index (χ2n) is 9.39. The van der Waals surface area contributed by atoms with Crippen LogP contribution in [0, 0.1) is 11.7 Å². The molecule has 1 saturated carbocycles. The molecule has 3 atom stereocenters. The maximum absolute atomic E-state index is 13.6. The van der Waals surface area contributed by atoms with Gasteiger partial charge in [0.1, 0.15) is 5.82 Å². The molecule has 1 N–H and O–H groups in total. The SMILES string of the molecule is CC(C)c1ccc(/C=C/C(=O)N2CC[C@@]3(O)CCCC[C@H]3[C@@H]2c2ccc(F)cc2)cc1. The van der Waals surface area contributed by atoms with Crippen molar-refractivity contribution >= 4 is 12.0 Å². The summed E-state index contributed by atoms with van der Waals surface area (Å²) in [5.74, 6) is 0.0952. The average molecular weight is 422 g/mol. The second kappa shape index (κ2) is 8.96. The van der Waals surface area contributed by atoms with E-state index in [0.29, 0.717) is 18.9 Å². The van der Waals surface area contributed by atoms with Crippen molar-refractivity contribution in [1.29, 1.82) is 0 Å². The summed E-state index contributed by atoms with van der Waals surface area (Å²) in [6, 6.07) is 14.4. The minimum Gasteiger partial charge on any atom is -0.389 e. The molecule has 0 radical (unpaired) electrons. The quantitative estimate of drug-likeness (QED) is 0.629. The number of fused-ring (bicyclic) bond motifs is 1. The summed E-state index contributed by atoms with van der Waals surface area (Å²) in [7, 11) is 0. The number of aliphatic hydroxyl groups is 1. The molecule has 0 spiro atoms. The van der Waals surface area contributed by atoms with Crippen molar-refractivity contribution in [3.63, 3.8) is 0 Å². The van der Waals surface area contributed by atoms with Crippen LogP contribution in [-0.4, -0.2) is 28.1 Å². The van der Waals surface area contributed by atoms with E-state index in [0.717, 1.165) is 36.8 Å². The number of likely N-dealkylation sites (tertiary alicyclic amines) is 1. The molecule has 1 heterocycles. The number of rotatable bonds is 4. The highest BCUT2D eigenvalue weighted by Gasteiger charge is 2.49. The fraction of sp³-hybridized carbons (Fsp3) is 0.444. The van der Waals surface area contributed by atoms with Crippen molar-refractivity contribution in [3.05, 3.63) is 77.1 Å².